The predicted octanol–water partition coefficient (Wildman–Crippen LogP) is 18.6. The molecule has 15 aromatic rings. The fourth-order valence-electron chi connectivity index (χ4n) is 11.5. The molecule has 0 saturated carbocycles. The van der Waals surface area contributed by atoms with E-state index >= 15 is 0 Å². The van der Waals surface area contributed by atoms with Gasteiger partial charge in [0.25, 0.3) is 0 Å². The van der Waals surface area contributed by atoms with Crippen LogP contribution in [0.4, 0.5) is 34.1 Å². The van der Waals surface area contributed by atoms with Gasteiger partial charge in [-0.15, -0.1) is 0 Å². The Morgan fingerprint density at radius 3 is 1.12 bits per heavy atom. The first-order valence-corrected chi connectivity index (χ1v) is 25.1. The van der Waals surface area contributed by atoms with Crippen LogP contribution in [0.2, 0.25) is 0 Å². The van der Waals surface area contributed by atoms with Crippen molar-refractivity contribution >= 4 is 122 Å². The highest BCUT2D eigenvalue weighted by atomic mass is 16.3. The van der Waals surface area contributed by atoms with Crippen molar-refractivity contribution in [2.75, 3.05) is 9.80 Å². The Balaban J connectivity index is 0.848. The third-order valence-electron chi connectivity index (χ3n) is 14.9. The highest BCUT2D eigenvalue weighted by molar-refractivity contribution is 6.14. The molecular weight excluding hydrogens is 907 g/mol. The van der Waals surface area contributed by atoms with Gasteiger partial charge in [-0.25, -0.2) is 4.98 Å². The normalized spacial score (nSPS) is 11.9. The number of hydrogen-bond donors (Lipinski definition) is 0. The van der Waals surface area contributed by atoms with Crippen LogP contribution < -0.4 is 9.80 Å². The minimum Gasteiger partial charge on any atom is -0.454 e. The molecule has 0 fully saturated rings. The lowest BCUT2D eigenvalue weighted by Crippen LogP contribution is -2.11. The molecule has 7 nitrogen and oxygen atoms in total. The number of para-hydroxylation sites is 6. The van der Waals surface area contributed by atoms with Crippen LogP contribution in [0.25, 0.3) is 99.1 Å². The first kappa shape index (κ1) is 41.9. The van der Waals surface area contributed by atoms with Crippen LogP contribution in [0.1, 0.15) is 11.1 Å². The van der Waals surface area contributed by atoms with Gasteiger partial charge < -0.3 is 27.8 Å². The molecule has 0 aliphatic heterocycles. The second kappa shape index (κ2) is 16.3. The zero-order valence-corrected chi connectivity index (χ0v) is 40.6. The zero-order chi connectivity index (χ0) is 49.0. The van der Waals surface area contributed by atoms with E-state index in [1.807, 2.05) is 6.07 Å². The van der Waals surface area contributed by atoms with Gasteiger partial charge in [0.15, 0.2) is 11.2 Å². The molecule has 0 aliphatic carbocycles. The van der Waals surface area contributed by atoms with E-state index in [1.54, 1.807) is 0 Å². The first-order chi connectivity index (χ1) is 36.5. The van der Waals surface area contributed by atoms with E-state index in [4.69, 9.17) is 13.8 Å². The number of furan rings is 2. The fraction of sp³-hybridized carbons (Fsp3) is 0.0299. The van der Waals surface area contributed by atoms with E-state index in [0.717, 1.165) is 101 Å². The van der Waals surface area contributed by atoms with Crippen molar-refractivity contribution in [2.24, 2.45) is 0 Å². The number of fused-ring (bicyclic) bond motifs is 12. The smallest absolute Gasteiger partial charge is 0.157 e. The molecule has 0 spiro atoms. The second-order valence-corrected chi connectivity index (χ2v) is 19.3. The highest BCUT2D eigenvalue weighted by Gasteiger charge is 2.24. The van der Waals surface area contributed by atoms with Gasteiger partial charge in [-0.05, 0) is 122 Å². The molecule has 0 amide bonds. The van der Waals surface area contributed by atoms with Gasteiger partial charge in [-0.1, -0.05) is 121 Å². The molecule has 0 atom stereocenters. The van der Waals surface area contributed by atoms with Crippen LogP contribution in [-0.2, 0) is 0 Å². The van der Waals surface area contributed by atoms with Crippen LogP contribution in [0.5, 0.6) is 0 Å². The summed E-state index contributed by atoms with van der Waals surface area (Å²) in [7, 11) is 0. The summed E-state index contributed by atoms with van der Waals surface area (Å²) in [6.45, 7) is 4.33. The molecule has 74 heavy (non-hydrogen) atoms. The summed E-state index contributed by atoms with van der Waals surface area (Å²) in [5.41, 5.74) is 19.8. The molecule has 0 radical (unpaired) electrons. The van der Waals surface area contributed by atoms with Crippen molar-refractivity contribution < 1.29 is 8.83 Å². The summed E-state index contributed by atoms with van der Waals surface area (Å²) in [5.74, 6) is 0. The summed E-state index contributed by atoms with van der Waals surface area (Å²) in [5, 5.41) is 6.73. The van der Waals surface area contributed by atoms with Crippen LogP contribution in [0.15, 0.2) is 245 Å². The Morgan fingerprint density at radius 1 is 0.311 bits per heavy atom. The third-order valence-corrected chi connectivity index (χ3v) is 14.9. The van der Waals surface area contributed by atoms with Gasteiger partial charge in [0.2, 0.25) is 0 Å². The molecule has 0 aliphatic rings. The Bertz CT molecular complexity index is 4420. The van der Waals surface area contributed by atoms with Gasteiger partial charge in [0.1, 0.15) is 22.2 Å². The molecule has 5 heterocycles. The van der Waals surface area contributed by atoms with Gasteiger partial charge in [0, 0.05) is 96.0 Å². The number of pyridine rings is 1. The molecule has 15 rings (SSSR count). The first-order valence-electron chi connectivity index (χ1n) is 25.1. The monoisotopic (exact) mass is 951 g/mol. The van der Waals surface area contributed by atoms with E-state index in [9.17, 15) is 0 Å². The molecule has 350 valence electrons. The maximum Gasteiger partial charge on any atom is 0.157 e. The maximum absolute atomic E-state index is 6.76. The summed E-state index contributed by atoms with van der Waals surface area (Å²) in [4.78, 5) is 10.00. The maximum atomic E-state index is 6.76. The van der Waals surface area contributed by atoms with Crippen LogP contribution in [0, 0.1) is 13.8 Å². The van der Waals surface area contributed by atoms with Crippen molar-refractivity contribution in [1.82, 2.24) is 14.1 Å². The van der Waals surface area contributed by atoms with Crippen molar-refractivity contribution in [3.8, 4) is 11.4 Å². The quantitative estimate of drug-likeness (QED) is 0.152. The molecular formula is C67H45N5O2. The SMILES string of the molecule is Cc1ccccc1N(c1ccc2c(c1)oc1cc3oc4cc(N(c5ccc6c7ccccc7n(-c7ccccc7)c6c5)c5ccccc5C)ccc4c3nc12)c1ccc2c3ccccc3n(-c3ccccc3)c2c1. The Labute approximate surface area is 425 Å². The highest BCUT2D eigenvalue weighted by Crippen LogP contribution is 2.45. The summed E-state index contributed by atoms with van der Waals surface area (Å²) < 4.78 is 18.3. The van der Waals surface area contributed by atoms with Crippen molar-refractivity contribution in [3.63, 3.8) is 0 Å². The lowest BCUT2D eigenvalue weighted by molar-refractivity contribution is 0.655. The van der Waals surface area contributed by atoms with Crippen LogP contribution in [-0.4, -0.2) is 14.1 Å². The van der Waals surface area contributed by atoms with E-state index in [0.29, 0.717) is 11.2 Å². The van der Waals surface area contributed by atoms with Crippen molar-refractivity contribution in [2.45, 2.75) is 13.8 Å². The van der Waals surface area contributed by atoms with Crippen LogP contribution >= 0.6 is 0 Å². The van der Waals surface area contributed by atoms with E-state index < -0.39 is 0 Å². The topological polar surface area (TPSA) is 55.5 Å². The third kappa shape index (κ3) is 6.43. The Kier molecular flexibility index (Phi) is 9.25. The molecule has 5 aromatic heterocycles. The van der Waals surface area contributed by atoms with E-state index in [2.05, 4.69) is 263 Å². The largest absolute Gasteiger partial charge is 0.454 e. The molecule has 0 saturated heterocycles. The zero-order valence-electron chi connectivity index (χ0n) is 40.6. The van der Waals surface area contributed by atoms with E-state index in [1.165, 1.54) is 32.6 Å². The summed E-state index contributed by atoms with van der Waals surface area (Å²) in [6, 6.07) is 84.2. The average molecular weight is 952 g/mol. The van der Waals surface area contributed by atoms with Gasteiger partial charge in [0.05, 0.1) is 22.1 Å². The number of nitrogens with zero attached hydrogens (tertiary/aromatic N) is 5. The second-order valence-electron chi connectivity index (χ2n) is 19.3. The van der Waals surface area contributed by atoms with Gasteiger partial charge in [-0.2, -0.15) is 0 Å². The molecule has 0 N–H and O–H groups in total. The van der Waals surface area contributed by atoms with E-state index in [-0.39, 0.29) is 0 Å². The Hall–Kier alpha value is -9.85. The summed E-state index contributed by atoms with van der Waals surface area (Å²) in [6.07, 6.45) is 0. The summed E-state index contributed by atoms with van der Waals surface area (Å²) >= 11 is 0. The molecule has 0 bridgehead atoms. The Morgan fingerprint density at radius 2 is 0.676 bits per heavy atom. The molecule has 7 heteroatoms. The number of hydrogen-bond acceptors (Lipinski definition) is 5. The molecule has 10 aromatic carbocycles. The number of benzene rings is 10. The van der Waals surface area contributed by atoms with Crippen molar-refractivity contribution in [3.05, 3.63) is 248 Å². The minimum absolute atomic E-state index is 0.670. The standard InChI is InChI=1S/C67H45N5O2/c1-42-17-9-13-25-56(42)69(46-29-33-52-50-23-11-15-27-58(50)71(60(52)37-46)44-19-5-3-6-20-44)48-31-35-54-62(39-48)73-64-41-65-67(68-66(54)64)55-36-32-49(40-63(55)74-65)70(57-26-14-10-18-43(57)2)47-30-34-53-51-24-12-16-28-59(51)72(61(53)38-47)45-21-7-4-8-22-45/h3-41H,1-2H3. The lowest BCUT2D eigenvalue weighted by Gasteiger charge is -2.27. The number of aryl methyl sites for hydroxylation is 2. The van der Waals surface area contributed by atoms with Crippen LogP contribution in [0.3, 0.4) is 0 Å². The fourth-order valence-corrected chi connectivity index (χ4v) is 11.5. The number of rotatable bonds is 8. The molecule has 0 unspecified atom stereocenters. The lowest BCUT2D eigenvalue weighted by atomic mass is 10.1. The van der Waals surface area contributed by atoms with Gasteiger partial charge in [-0.3, -0.25) is 0 Å². The predicted molar refractivity (Wildman–Crippen MR) is 306 cm³/mol. The van der Waals surface area contributed by atoms with Crippen molar-refractivity contribution in [1.29, 1.82) is 0 Å². The average Bonchev–Trinajstić information content (AvgIpc) is 4.19. The number of anilines is 6. The minimum atomic E-state index is 0.670. The van der Waals surface area contributed by atoms with Gasteiger partial charge >= 0.3 is 0 Å². The number of aromatic nitrogens is 3.